The van der Waals surface area contributed by atoms with Gasteiger partial charge in [-0.1, -0.05) is 265 Å². The molecule has 0 saturated heterocycles. The van der Waals surface area contributed by atoms with Crippen molar-refractivity contribution in [3.05, 3.63) is 109 Å². The van der Waals surface area contributed by atoms with E-state index in [2.05, 4.69) is 130 Å². The van der Waals surface area contributed by atoms with Crippen LogP contribution in [-0.4, -0.2) is 37.2 Å². The Hall–Kier alpha value is -3.93. The summed E-state index contributed by atoms with van der Waals surface area (Å²) in [5.41, 5.74) is 0. The van der Waals surface area contributed by atoms with E-state index >= 15 is 0 Å². The van der Waals surface area contributed by atoms with Gasteiger partial charge in [0.15, 0.2) is 6.10 Å². The Kier molecular flexibility index (Phi) is 60.3. The number of unbranched alkanes of at least 4 members (excludes halogenated alkanes) is 28. The van der Waals surface area contributed by atoms with Crippen molar-refractivity contribution in [1.29, 1.82) is 0 Å². The first-order chi connectivity index (χ1) is 37.5. The molecule has 0 spiro atoms. The van der Waals surface area contributed by atoms with Crippen LogP contribution in [0, 0.1) is 0 Å². The monoisotopic (exact) mass is 1050 g/mol. The lowest BCUT2D eigenvalue weighted by Crippen LogP contribution is -2.30. The summed E-state index contributed by atoms with van der Waals surface area (Å²) in [6.07, 6.45) is 86.6. The normalized spacial score (nSPS) is 12.8. The van der Waals surface area contributed by atoms with Gasteiger partial charge in [0.1, 0.15) is 13.2 Å². The Balaban J connectivity index is 4.30. The number of hydrogen-bond acceptors (Lipinski definition) is 6. The number of carbonyl (C=O) groups is 3. The predicted octanol–water partition coefficient (Wildman–Crippen LogP) is 21.8. The summed E-state index contributed by atoms with van der Waals surface area (Å²) >= 11 is 0. The molecule has 0 aliphatic carbocycles. The largest absolute Gasteiger partial charge is 0.462 e. The van der Waals surface area contributed by atoms with Crippen molar-refractivity contribution in [2.75, 3.05) is 13.2 Å². The standard InChI is InChI=1S/C70H118O6/c1-4-7-10-13-16-19-22-25-28-29-30-31-32-33-34-35-36-37-38-39-40-41-43-45-48-51-54-57-60-63-69(72)75-66-67(65-74-68(71)62-59-56-53-50-47-44-27-24-21-18-15-12-9-6-3)76-70(73)64-61-58-55-52-49-46-42-26-23-20-17-14-11-8-5-2/h7,10,15-16,18-19,24-28,30-31,33-34,36-37,42,67H,4-6,8-9,11-14,17,20-23,29,32,35,38-41,43-66H2,1-3H3/b10-7-,18-15-,19-16-,27-24-,28-25-,31-30-,34-33-,37-36-,42-26-. The first kappa shape index (κ1) is 72.1. The minimum Gasteiger partial charge on any atom is -0.462 e. The molecule has 0 saturated carbocycles. The zero-order chi connectivity index (χ0) is 55.0. The average molecular weight is 1060 g/mol. The van der Waals surface area contributed by atoms with E-state index < -0.39 is 6.10 Å². The zero-order valence-electron chi connectivity index (χ0n) is 49.7. The fourth-order valence-corrected chi connectivity index (χ4v) is 8.69. The Labute approximate surface area is 470 Å². The van der Waals surface area contributed by atoms with E-state index in [0.29, 0.717) is 19.3 Å². The molecule has 0 aromatic rings. The van der Waals surface area contributed by atoms with Gasteiger partial charge in [-0.2, -0.15) is 0 Å². The molecule has 0 radical (unpaired) electrons. The van der Waals surface area contributed by atoms with E-state index in [1.807, 2.05) is 0 Å². The second-order valence-corrected chi connectivity index (χ2v) is 20.9. The molecule has 76 heavy (non-hydrogen) atoms. The zero-order valence-corrected chi connectivity index (χ0v) is 49.7. The van der Waals surface area contributed by atoms with Crippen LogP contribution >= 0.6 is 0 Å². The van der Waals surface area contributed by atoms with Crippen LogP contribution in [0.4, 0.5) is 0 Å². The molecule has 1 unspecified atom stereocenters. The molecular weight excluding hydrogens is 937 g/mol. The maximum atomic E-state index is 12.9. The third-order valence-electron chi connectivity index (χ3n) is 13.5. The lowest BCUT2D eigenvalue weighted by Gasteiger charge is -2.18. The van der Waals surface area contributed by atoms with E-state index in [1.54, 1.807) is 0 Å². The summed E-state index contributed by atoms with van der Waals surface area (Å²) in [6.45, 7) is 6.47. The Bertz CT molecular complexity index is 1540. The molecule has 0 bridgehead atoms. The maximum Gasteiger partial charge on any atom is 0.306 e. The van der Waals surface area contributed by atoms with Crippen molar-refractivity contribution < 1.29 is 28.6 Å². The average Bonchev–Trinajstić information content (AvgIpc) is 3.42. The number of allylic oxidation sites excluding steroid dienone is 18. The summed E-state index contributed by atoms with van der Waals surface area (Å²) in [4.78, 5) is 38.3. The van der Waals surface area contributed by atoms with Crippen LogP contribution in [-0.2, 0) is 28.6 Å². The van der Waals surface area contributed by atoms with Crippen LogP contribution in [0.3, 0.4) is 0 Å². The maximum absolute atomic E-state index is 12.9. The van der Waals surface area contributed by atoms with Gasteiger partial charge in [-0.3, -0.25) is 14.4 Å². The van der Waals surface area contributed by atoms with Crippen LogP contribution in [0.1, 0.15) is 297 Å². The van der Waals surface area contributed by atoms with E-state index in [0.717, 1.165) is 135 Å². The molecule has 0 aromatic heterocycles. The topological polar surface area (TPSA) is 78.9 Å². The highest BCUT2D eigenvalue weighted by atomic mass is 16.6. The molecule has 0 aromatic carbocycles. The molecule has 0 N–H and O–H groups in total. The third kappa shape index (κ3) is 60.9. The summed E-state index contributed by atoms with van der Waals surface area (Å²) in [5.74, 6) is -0.909. The fourth-order valence-electron chi connectivity index (χ4n) is 8.69. The molecule has 6 heteroatoms. The van der Waals surface area contributed by atoms with E-state index in [4.69, 9.17) is 14.2 Å². The molecule has 0 fully saturated rings. The first-order valence-corrected chi connectivity index (χ1v) is 31.9. The highest BCUT2D eigenvalue weighted by Crippen LogP contribution is 2.15. The Morgan fingerprint density at radius 3 is 0.855 bits per heavy atom. The molecule has 1 atom stereocenters. The van der Waals surface area contributed by atoms with Gasteiger partial charge in [0.2, 0.25) is 0 Å². The molecule has 6 nitrogen and oxygen atoms in total. The second-order valence-electron chi connectivity index (χ2n) is 20.9. The summed E-state index contributed by atoms with van der Waals surface area (Å²) < 4.78 is 16.9. The molecule has 434 valence electrons. The van der Waals surface area contributed by atoms with Crippen molar-refractivity contribution in [3.8, 4) is 0 Å². The van der Waals surface area contributed by atoms with Gasteiger partial charge in [-0.05, 0) is 122 Å². The lowest BCUT2D eigenvalue weighted by atomic mass is 10.1. The van der Waals surface area contributed by atoms with Gasteiger partial charge in [0, 0.05) is 19.3 Å². The molecule has 0 amide bonds. The fraction of sp³-hybridized carbons (Fsp3) is 0.700. The van der Waals surface area contributed by atoms with Crippen LogP contribution in [0.25, 0.3) is 0 Å². The predicted molar refractivity (Wildman–Crippen MR) is 330 cm³/mol. The number of ether oxygens (including phenoxy) is 3. The lowest BCUT2D eigenvalue weighted by molar-refractivity contribution is -0.167. The third-order valence-corrected chi connectivity index (χ3v) is 13.5. The summed E-state index contributed by atoms with van der Waals surface area (Å²) in [6, 6.07) is 0. The minimum atomic E-state index is -0.792. The van der Waals surface area contributed by atoms with Gasteiger partial charge in [-0.25, -0.2) is 0 Å². The first-order valence-electron chi connectivity index (χ1n) is 31.9. The second kappa shape index (κ2) is 63.6. The minimum absolute atomic E-state index is 0.0881. The number of carbonyl (C=O) groups excluding carboxylic acids is 3. The number of rotatable bonds is 57. The highest BCUT2D eigenvalue weighted by molar-refractivity contribution is 5.71. The van der Waals surface area contributed by atoms with Crippen molar-refractivity contribution in [2.45, 2.75) is 303 Å². The van der Waals surface area contributed by atoms with Crippen molar-refractivity contribution in [3.63, 3.8) is 0 Å². The molecule has 0 heterocycles. The molecule has 0 aliphatic rings. The van der Waals surface area contributed by atoms with Gasteiger partial charge >= 0.3 is 17.9 Å². The van der Waals surface area contributed by atoms with Crippen molar-refractivity contribution >= 4 is 17.9 Å². The molecule has 0 aliphatic heterocycles. The number of hydrogen-bond donors (Lipinski definition) is 0. The van der Waals surface area contributed by atoms with E-state index in [-0.39, 0.29) is 31.1 Å². The Morgan fingerprint density at radius 2 is 0.526 bits per heavy atom. The van der Waals surface area contributed by atoms with Crippen LogP contribution < -0.4 is 0 Å². The summed E-state index contributed by atoms with van der Waals surface area (Å²) in [7, 11) is 0. The Morgan fingerprint density at radius 1 is 0.276 bits per heavy atom. The van der Waals surface area contributed by atoms with Gasteiger partial charge in [0.25, 0.3) is 0 Å². The van der Waals surface area contributed by atoms with E-state index in [9.17, 15) is 14.4 Å². The van der Waals surface area contributed by atoms with Gasteiger partial charge in [-0.15, -0.1) is 0 Å². The SMILES string of the molecule is CC/C=C\C/C=C\C/C=C\C/C=C\C/C=C\C/C=C\CCCCCCCCCCCCC(=O)OCC(COC(=O)CCCCCCC/C=C\C/C=C\CCCC)OC(=O)CCCCCCC/C=C\CCCCCCCC. The molecule has 0 rings (SSSR count). The van der Waals surface area contributed by atoms with Crippen molar-refractivity contribution in [2.24, 2.45) is 0 Å². The molecular formula is C70H118O6. The summed E-state index contributed by atoms with van der Waals surface area (Å²) in [5, 5.41) is 0. The quantitative estimate of drug-likeness (QED) is 0.0261. The smallest absolute Gasteiger partial charge is 0.306 e. The highest BCUT2D eigenvalue weighted by Gasteiger charge is 2.19. The van der Waals surface area contributed by atoms with Gasteiger partial charge in [0.05, 0.1) is 0 Å². The number of esters is 3. The van der Waals surface area contributed by atoms with Gasteiger partial charge < -0.3 is 14.2 Å². The van der Waals surface area contributed by atoms with Crippen LogP contribution in [0.5, 0.6) is 0 Å². The van der Waals surface area contributed by atoms with Crippen LogP contribution in [0.15, 0.2) is 109 Å². The van der Waals surface area contributed by atoms with Crippen molar-refractivity contribution in [1.82, 2.24) is 0 Å². The van der Waals surface area contributed by atoms with E-state index in [1.165, 1.54) is 122 Å². The van der Waals surface area contributed by atoms with Crippen LogP contribution in [0.2, 0.25) is 0 Å².